The van der Waals surface area contributed by atoms with Gasteiger partial charge in [0.2, 0.25) is 0 Å². The smallest absolute Gasteiger partial charge is 0.165 e. The van der Waals surface area contributed by atoms with Gasteiger partial charge in [-0.2, -0.15) is 0 Å². The highest BCUT2D eigenvalue weighted by molar-refractivity contribution is 6.42. The lowest BCUT2D eigenvalue weighted by atomic mass is 9.76. The molecule has 3 aromatic rings. The van der Waals surface area contributed by atoms with Crippen molar-refractivity contribution in [3.63, 3.8) is 0 Å². The number of benzene rings is 2. The van der Waals surface area contributed by atoms with Gasteiger partial charge in [0.05, 0.1) is 15.7 Å². The van der Waals surface area contributed by atoms with Gasteiger partial charge in [0.1, 0.15) is 0 Å². The highest BCUT2D eigenvalue weighted by Gasteiger charge is 2.35. The molecular formula is C22H19Cl2NO. The Hall–Kier alpha value is -2.03. The molecule has 0 radical (unpaired) electrons. The van der Waals surface area contributed by atoms with Crippen molar-refractivity contribution in [3.8, 4) is 16.9 Å². The van der Waals surface area contributed by atoms with E-state index in [0.29, 0.717) is 16.5 Å². The molecule has 1 aromatic heterocycles. The van der Waals surface area contributed by atoms with Gasteiger partial charge in [0.15, 0.2) is 5.78 Å². The van der Waals surface area contributed by atoms with Crippen molar-refractivity contribution >= 4 is 29.0 Å². The lowest BCUT2D eigenvalue weighted by Gasteiger charge is -2.30. The van der Waals surface area contributed by atoms with E-state index < -0.39 is 0 Å². The second kappa shape index (κ2) is 6.29. The maximum Gasteiger partial charge on any atom is 0.165 e. The van der Waals surface area contributed by atoms with E-state index in [1.807, 2.05) is 36.4 Å². The van der Waals surface area contributed by atoms with Crippen LogP contribution in [0.1, 0.15) is 36.3 Å². The summed E-state index contributed by atoms with van der Waals surface area (Å²) in [5.41, 5.74) is 4.78. The third-order valence-electron chi connectivity index (χ3n) is 4.92. The van der Waals surface area contributed by atoms with Crippen LogP contribution in [0.5, 0.6) is 0 Å². The van der Waals surface area contributed by atoms with Crippen molar-refractivity contribution in [2.75, 3.05) is 0 Å². The summed E-state index contributed by atoms with van der Waals surface area (Å²) in [4.78, 5) is 12.8. The van der Waals surface area contributed by atoms with Crippen molar-refractivity contribution in [1.29, 1.82) is 0 Å². The number of hydrogen-bond donors (Lipinski definition) is 0. The average molecular weight is 384 g/mol. The molecule has 132 valence electrons. The Morgan fingerprint density at radius 2 is 1.65 bits per heavy atom. The van der Waals surface area contributed by atoms with Crippen LogP contribution in [0, 0.1) is 5.41 Å². The molecule has 2 aromatic carbocycles. The van der Waals surface area contributed by atoms with E-state index in [4.69, 9.17) is 23.2 Å². The summed E-state index contributed by atoms with van der Waals surface area (Å²) >= 11 is 12.4. The van der Waals surface area contributed by atoms with Gasteiger partial charge in [-0.15, -0.1) is 0 Å². The SMILES string of the molecule is CC1(C)CC(=O)c2cc(-c3ccccc3)n(-c3ccc(Cl)c(Cl)c3)c2C1. The molecular weight excluding hydrogens is 365 g/mol. The molecule has 0 fully saturated rings. The maximum absolute atomic E-state index is 12.8. The molecule has 1 aliphatic rings. The quantitative estimate of drug-likeness (QED) is 0.488. The number of fused-ring (bicyclic) bond motifs is 1. The third kappa shape index (κ3) is 2.98. The first kappa shape index (κ1) is 17.4. The van der Waals surface area contributed by atoms with Gasteiger partial charge >= 0.3 is 0 Å². The van der Waals surface area contributed by atoms with Crippen LogP contribution < -0.4 is 0 Å². The maximum atomic E-state index is 12.8. The molecule has 4 rings (SSSR count). The zero-order valence-corrected chi connectivity index (χ0v) is 16.2. The fourth-order valence-corrected chi connectivity index (χ4v) is 4.04. The summed E-state index contributed by atoms with van der Waals surface area (Å²) in [5, 5.41) is 1.03. The number of rotatable bonds is 2. The summed E-state index contributed by atoms with van der Waals surface area (Å²) in [7, 11) is 0. The topological polar surface area (TPSA) is 22.0 Å². The van der Waals surface area contributed by atoms with Gasteiger partial charge in [-0.25, -0.2) is 0 Å². The molecule has 0 atom stereocenters. The molecule has 2 nitrogen and oxygen atoms in total. The predicted molar refractivity (Wildman–Crippen MR) is 108 cm³/mol. The molecule has 26 heavy (non-hydrogen) atoms. The summed E-state index contributed by atoms with van der Waals surface area (Å²) in [6.07, 6.45) is 1.40. The summed E-state index contributed by atoms with van der Waals surface area (Å²) in [5.74, 6) is 0.201. The van der Waals surface area contributed by atoms with E-state index in [1.54, 1.807) is 6.07 Å². The van der Waals surface area contributed by atoms with E-state index in [2.05, 4.69) is 30.5 Å². The molecule has 0 unspecified atom stereocenters. The summed E-state index contributed by atoms with van der Waals surface area (Å²) < 4.78 is 2.16. The van der Waals surface area contributed by atoms with Gasteiger partial charge in [-0.1, -0.05) is 67.4 Å². The van der Waals surface area contributed by atoms with E-state index in [1.165, 1.54) is 0 Å². The lowest BCUT2D eigenvalue weighted by molar-refractivity contribution is 0.0911. The number of nitrogens with zero attached hydrogens (tertiary/aromatic N) is 1. The Balaban J connectivity index is 2.01. The number of carbonyl (C=O) groups is 1. The van der Waals surface area contributed by atoms with E-state index in [0.717, 1.165) is 34.6 Å². The van der Waals surface area contributed by atoms with Crippen LogP contribution in [0.4, 0.5) is 0 Å². The largest absolute Gasteiger partial charge is 0.313 e. The molecule has 0 spiro atoms. The van der Waals surface area contributed by atoms with Crippen molar-refractivity contribution in [1.82, 2.24) is 4.57 Å². The number of ketones is 1. The summed E-state index contributed by atoms with van der Waals surface area (Å²) in [6.45, 7) is 4.28. The Morgan fingerprint density at radius 3 is 2.35 bits per heavy atom. The first-order chi connectivity index (χ1) is 12.4. The first-order valence-electron chi connectivity index (χ1n) is 8.64. The fourth-order valence-electron chi connectivity index (χ4n) is 3.75. The van der Waals surface area contributed by atoms with Crippen LogP contribution >= 0.6 is 23.2 Å². The second-order valence-electron chi connectivity index (χ2n) is 7.63. The Kier molecular flexibility index (Phi) is 4.21. The second-order valence-corrected chi connectivity index (χ2v) is 8.45. The molecule has 0 saturated heterocycles. The predicted octanol–water partition coefficient (Wildman–Crippen LogP) is 6.61. The minimum absolute atomic E-state index is 0.0651. The zero-order chi connectivity index (χ0) is 18.5. The van der Waals surface area contributed by atoms with Crippen LogP contribution in [0.2, 0.25) is 10.0 Å². The zero-order valence-electron chi connectivity index (χ0n) is 14.7. The van der Waals surface area contributed by atoms with Crippen molar-refractivity contribution in [2.45, 2.75) is 26.7 Å². The number of hydrogen-bond acceptors (Lipinski definition) is 1. The standard InChI is InChI=1S/C22H19Cl2NO/c1-22(2)12-20-16(21(26)13-22)11-19(14-6-4-3-5-7-14)25(20)15-8-9-17(23)18(24)10-15/h3-11H,12-13H2,1-2H3. The number of carbonyl (C=O) groups excluding carboxylic acids is 1. The highest BCUT2D eigenvalue weighted by Crippen LogP contribution is 2.40. The Morgan fingerprint density at radius 1 is 0.923 bits per heavy atom. The van der Waals surface area contributed by atoms with Gasteiger partial charge in [0.25, 0.3) is 0 Å². The van der Waals surface area contributed by atoms with Crippen molar-refractivity contribution in [3.05, 3.63) is 75.9 Å². The van der Waals surface area contributed by atoms with Gasteiger partial charge in [-0.05, 0) is 41.7 Å². The molecule has 0 amide bonds. The average Bonchev–Trinajstić information content (AvgIpc) is 2.96. The molecule has 4 heteroatoms. The van der Waals surface area contributed by atoms with Crippen LogP contribution in [-0.2, 0) is 6.42 Å². The van der Waals surface area contributed by atoms with Crippen molar-refractivity contribution in [2.24, 2.45) is 5.41 Å². The Bertz CT molecular complexity index is 1000. The molecule has 0 N–H and O–H groups in total. The van der Waals surface area contributed by atoms with Crippen molar-refractivity contribution < 1.29 is 4.79 Å². The van der Waals surface area contributed by atoms with Gasteiger partial charge in [0, 0.05) is 23.4 Å². The van der Waals surface area contributed by atoms with E-state index in [9.17, 15) is 4.79 Å². The van der Waals surface area contributed by atoms with E-state index in [-0.39, 0.29) is 11.2 Å². The lowest BCUT2D eigenvalue weighted by Crippen LogP contribution is -2.27. The van der Waals surface area contributed by atoms with Gasteiger partial charge in [-0.3, -0.25) is 4.79 Å². The van der Waals surface area contributed by atoms with Crippen LogP contribution in [0.3, 0.4) is 0 Å². The first-order valence-corrected chi connectivity index (χ1v) is 9.40. The summed E-state index contributed by atoms with van der Waals surface area (Å²) in [6, 6.07) is 17.8. The fraction of sp³-hybridized carbons (Fsp3) is 0.227. The highest BCUT2D eigenvalue weighted by atomic mass is 35.5. The Labute approximate surface area is 163 Å². The minimum Gasteiger partial charge on any atom is -0.313 e. The molecule has 1 aliphatic carbocycles. The van der Waals surface area contributed by atoms with E-state index >= 15 is 0 Å². The number of Topliss-reactive ketones (excluding diaryl/α,β-unsaturated/α-hetero) is 1. The van der Waals surface area contributed by atoms with Crippen LogP contribution in [0.15, 0.2) is 54.6 Å². The monoisotopic (exact) mass is 383 g/mol. The van der Waals surface area contributed by atoms with Crippen LogP contribution in [-0.4, -0.2) is 10.4 Å². The number of aromatic nitrogens is 1. The third-order valence-corrected chi connectivity index (χ3v) is 5.66. The van der Waals surface area contributed by atoms with Gasteiger partial charge < -0.3 is 4.57 Å². The van der Waals surface area contributed by atoms with Crippen LogP contribution in [0.25, 0.3) is 16.9 Å². The molecule has 0 saturated carbocycles. The molecule has 0 bridgehead atoms. The number of halogens is 2. The normalized spacial score (nSPS) is 15.8. The molecule has 1 heterocycles. The minimum atomic E-state index is -0.0651. The molecule has 0 aliphatic heterocycles.